The van der Waals surface area contributed by atoms with E-state index in [0.717, 1.165) is 25.1 Å². The van der Waals surface area contributed by atoms with Crippen LogP contribution in [0, 0.1) is 5.41 Å². The van der Waals surface area contributed by atoms with Crippen molar-refractivity contribution in [1.82, 2.24) is 0 Å². The van der Waals surface area contributed by atoms with Crippen LogP contribution in [0.3, 0.4) is 0 Å². The fraction of sp³-hybridized carbons (Fsp3) is 1.00. The van der Waals surface area contributed by atoms with Crippen molar-refractivity contribution in [3.63, 3.8) is 0 Å². The second-order valence-electron chi connectivity index (χ2n) is 3.47. The second kappa shape index (κ2) is 4.97. The van der Waals surface area contributed by atoms with Gasteiger partial charge in [0.1, 0.15) is 0 Å². The first-order chi connectivity index (χ1) is 4.62. The number of hydrogen-bond acceptors (Lipinski definition) is 1. The largest absolute Gasteiger partial charge is 0.396 e. The van der Waals surface area contributed by atoms with Gasteiger partial charge in [-0.25, -0.2) is 0 Å². The molecule has 0 bridgehead atoms. The summed E-state index contributed by atoms with van der Waals surface area (Å²) in [5, 5.41) is 8.86. The van der Waals surface area contributed by atoms with Crippen LogP contribution >= 0.6 is 11.6 Å². The first-order valence-corrected chi connectivity index (χ1v) is 4.33. The van der Waals surface area contributed by atoms with Crippen molar-refractivity contribution in [2.45, 2.75) is 33.1 Å². The molecule has 0 spiro atoms. The van der Waals surface area contributed by atoms with Crippen molar-refractivity contribution in [3.05, 3.63) is 0 Å². The molecule has 0 amide bonds. The van der Waals surface area contributed by atoms with Gasteiger partial charge < -0.3 is 5.11 Å². The summed E-state index contributed by atoms with van der Waals surface area (Å²) < 4.78 is 0. The van der Waals surface area contributed by atoms with E-state index in [-0.39, 0.29) is 12.0 Å². The molecule has 0 radical (unpaired) electrons. The first kappa shape index (κ1) is 10.2. The van der Waals surface area contributed by atoms with E-state index in [1.165, 1.54) is 0 Å². The normalized spacial score (nSPS) is 12.0. The SMILES string of the molecule is CC(C)(CO)CCCCCl. The predicted octanol–water partition coefficient (Wildman–Crippen LogP) is 2.41. The Morgan fingerprint density at radius 1 is 1.30 bits per heavy atom. The number of hydrogen-bond donors (Lipinski definition) is 1. The topological polar surface area (TPSA) is 20.2 Å². The molecule has 0 unspecified atom stereocenters. The van der Waals surface area contributed by atoms with Gasteiger partial charge in [-0.3, -0.25) is 0 Å². The minimum absolute atomic E-state index is 0.0893. The van der Waals surface area contributed by atoms with Crippen molar-refractivity contribution in [2.24, 2.45) is 5.41 Å². The average molecular weight is 165 g/mol. The monoisotopic (exact) mass is 164 g/mol. The van der Waals surface area contributed by atoms with Crippen LogP contribution in [-0.4, -0.2) is 17.6 Å². The number of unbranched alkanes of at least 4 members (excludes halogenated alkanes) is 1. The van der Waals surface area contributed by atoms with Crippen LogP contribution in [0.25, 0.3) is 0 Å². The molecule has 1 nitrogen and oxygen atoms in total. The zero-order valence-corrected chi connectivity index (χ0v) is 7.62. The maximum Gasteiger partial charge on any atom is 0.0482 e. The third kappa shape index (κ3) is 5.07. The lowest BCUT2D eigenvalue weighted by molar-refractivity contribution is 0.148. The van der Waals surface area contributed by atoms with Crippen LogP contribution in [0.4, 0.5) is 0 Å². The lowest BCUT2D eigenvalue weighted by atomic mass is 9.88. The molecule has 0 saturated heterocycles. The average Bonchev–Trinajstić information content (AvgIpc) is 1.89. The minimum atomic E-state index is 0.0893. The molecule has 0 heterocycles. The zero-order chi connectivity index (χ0) is 8.04. The highest BCUT2D eigenvalue weighted by Gasteiger charge is 2.14. The minimum Gasteiger partial charge on any atom is -0.396 e. The van der Waals surface area contributed by atoms with Gasteiger partial charge in [0, 0.05) is 12.5 Å². The lowest BCUT2D eigenvalue weighted by Gasteiger charge is -2.20. The number of alkyl halides is 1. The van der Waals surface area contributed by atoms with Crippen LogP contribution in [0.5, 0.6) is 0 Å². The number of aliphatic hydroxyl groups is 1. The maximum atomic E-state index is 8.86. The highest BCUT2D eigenvalue weighted by molar-refractivity contribution is 6.17. The molecule has 0 aliphatic rings. The Hall–Kier alpha value is 0.250. The summed E-state index contributed by atoms with van der Waals surface area (Å²) in [5.41, 5.74) is 0.0893. The first-order valence-electron chi connectivity index (χ1n) is 3.79. The Bertz CT molecular complexity index is 81.3. The Kier molecular flexibility index (Phi) is 5.10. The Balaban J connectivity index is 3.28. The van der Waals surface area contributed by atoms with Crippen LogP contribution in [0.1, 0.15) is 33.1 Å². The van der Waals surface area contributed by atoms with Crippen molar-refractivity contribution >= 4 is 11.6 Å². The Labute approximate surface area is 68.4 Å². The van der Waals surface area contributed by atoms with Gasteiger partial charge in [0.2, 0.25) is 0 Å². The smallest absolute Gasteiger partial charge is 0.0482 e. The standard InChI is InChI=1S/C8H17ClO/c1-8(2,7-10)5-3-4-6-9/h10H,3-7H2,1-2H3. The molecule has 10 heavy (non-hydrogen) atoms. The van der Waals surface area contributed by atoms with E-state index in [0.29, 0.717) is 0 Å². The quantitative estimate of drug-likeness (QED) is 0.489. The summed E-state index contributed by atoms with van der Waals surface area (Å²) in [6.07, 6.45) is 3.25. The van der Waals surface area contributed by atoms with Crippen LogP contribution < -0.4 is 0 Å². The zero-order valence-electron chi connectivity index (χ0n) is 6.86. The van der Waals surface area contributed by atoms with Gasteiger partial charge in [-0.15, -0.1) is 11.6 Å². The van der Waals surface area contributed by atoms with Crippen molar-refractivity contribution in [1.29, 1.82) is 0 Å². The van der Waals surface area contributed by atoms with Gasteiger partial charge in [-0.2, -0.15) is 0 Å². The molecule has 2 heteroatoms. The van der Waals surface area contributed by atoms with Crippen LogP contribution in [-0.2, 0) is 0 Å². The van der Waals surface area contributed by atoms with E-state index in [1.54, 1.807) is 0 Å². The summed E-state index contributed by atoms with van der Waals surface area (Å²) in [4.78, 5) is 0. The van der Waals surface area contributed by atoms with E-state index in [9.17, 15) is 0 Å². The van der Waals surface area contributed by atoms with Gasteiger partial charge in [0.05, 0.1) is 0 Å². The Morgan fingerprint density at radius 2 is 1.90 bits per heavy atom. The summed E-state index contributed by atoms with van der Waals surface area (Å²) in [6, 6.07) is 0. The molecule has 0 saturated carbocycles. The molecular weight excluding hydrogens is 148 g/mol. The number of aliphatic hydroxyl groups excluding tert-OH is 1. The van der Waals surface area contributed by atoms with Gasteiger partial charge in [-0.1, -0.05) is 20.3 Å². The van der Waals surface area contributed by atoms with Crippen molar-refractivity contribution in [3.8, 4) is 0 Å². The predicted molar refractivity (Wildman–Crippen MR) is 45.4 cm³/mol. The van der Waals surface area contributed by atoms with E-state index in [2.05, 4.69) is 13.8 Å². The fourth-order valence-corrected chi connectivity index (χ4v) is 0.966. The Morgan fingerprint density at radius 3 is 2.30 bits per heavy atom. The molecule has 0 fully saturated rings. The molecule has 1 N–H and O–H groups in total. The van der Waals surface area contributed by atoms with Gasteiger partial charge >= 0.3 is 0 Å². The molecule has 0 aromatic carbocycles. The maximum absolute atomic E-state index is 8.86. The van der Waals surface area contributed by atoms with Crippen molar-refractivity contribution < 1.29 is 5.11 Å². The molecular formula is C8H17ClO. The molecule has 62 valence electrons. The van der Waals surface area contributed by atoms with E-state index in [4.69, 9.17) is 16.7 Å². The highest BCUT2D eigenvalue weighted by atomic mass is 35.5. The molecule has 0 aromatic heterocycles. The van der Waals surface area contributed by atoms with E-state index >= 15 is 0 Å². The van der Waals surface area contributed by atoms with Crippen LogP contribution in [0.15, 0.2) is 0 Å². The molecule has 0 aliphatic carbocycles. The fourth-order valence-electron chi connectivity index (χ4n) is 0.777. The lowest BCUT2D eigenvalue weighted by Crippen LogP contribution is -2.16. The number of halogens is 1. The van der Waals surface area contributed by atoms with Crippen LogP contribution in [0.2, 0.25) is 0 Å². The summed E-state index contributed by atoms with van der Waals surface area (Å²) >= 11 is 5.51. The molecule has 0 atom stereocenters. The van der Waals surface area contributed by atoms with Gasteiger partial charge in [-0.05, 0) is 18.3 Å². The molecule has 0 aromatic rings. The third-order valence-electron chi connectivity index (χ3n) is 1.67. The molecule has 0 aliphatic heterocycles. The van der Waals surface area contributed by atoms with E-state index < -0.39 is 0 Å². The van der Waals surface area contributed by atoms with E-state index in [1.807, 2.05) is 0 Å². The highest BCUT2D eigenvalue weighted by Crippen LogP contribution is 2.21. The molecule has 0 rings (SSSR count). The van der Waals surface area contributed by atoms with Crippen molar-refractivity contribution in [2.75, 3.05) is 12.5 Å². The summed E-state index contributed by atoms with van der Waals surface area (Å²) in [5.74, 6) is 0.738. The number of rotatable bonds is 5. The van der Waals surface area contributed by atoms with Gasteiger partial charge in [0.25, 0.3) is 0 Å². The summed E-state index contributed by atoms with van der Waals surface area (Å²) in [7, 11) is 0. The second-order valence-corrected chi connectivity index (χ2v) is 3.85. The summed E-state index contributed by atoms with van der Waals surface area (Å²) in [6.45, 7) is 4.41. The third-order valence-corrected chi connectivity index (χ3v) is 1.93. The van der Waals surface area contributed by atoms with Gasteiger partial charge in [0.15, 0.2) is 0 Å².